The molecular formula is C31H35N3O2. The second-order valence-electron chi connectivity index (χ2n) is 10.3. The molecule has 3 aromatic rings. The van der Waals surface area contributed by atoms with E-state index >= 15 is 0 Å². The van der Waals surface area contributed by atoms with Crippen molar-refractivity contribution in [1.82, 2.24) is 15.1 Å². The van der Waals surface area contributed by atoms with E-state index in [1.807, 2.05) is 54.6 Å². The molecule has 186 valence electrons. The Balaban J connectivity index is 1.20. The molecule has 5 nitrogen and oxygen atoms in total. The van der Waals surface area contributed by atoms with Gasteiger partial charge in [-0.05, 0) is 74.0 Å². The van der Waals surface area contributed by atoms with E-state index in [1.54, 1.807) is 4.90 Å². The van der Waals surface area contributed by atoms with Gasteiger partial charge in [0.15, 0.2) is 0 Å². The number of amides is 2. The highest BCUT2D eigenvalue weighted by Crippen LogP contribution is 2.32. The van der Waals surface area contributed by atoms with Gasteiger partial charge in [0.05, 0.1) is 0 Å². The first-order chi connectivity index (χ1) is 17.5. The smallest absolute Gasteiger partial charge is 0.255 e. The van der Waals surface area contributed by atoms with Crippen LogP contribution in [0.1, 0.15) is 57.1 Å². The number of likely N-dealkylation sites (tertiary alicyclic amines) is 1. The van der Waals surface area contributed by atoms with Crippen LogP contribution in [-0.2, 0) is 17.9 Å². The zero-order chi connectivity index (χ0) is 25.1. The molecule has 5 rings (SSSR count). The van der Waals surface area contributed by atoms with Crippen LogP contribution in [0, 0.1) is 19.8 Å². The van der Waals surface area contributed by atoms with Crippen molar-refractivity contribution in [2.24, 2.45) is 5.92 Å². The van der Waals surface area contributed by atoms with Crippen molar-refractivity contribution in [2.45, 2.75) is 45.8 Å². The zero-order valence-corrected chi connectivity index (χ0v) is 21.2. The van der Waals surface area contributed by atoms with Crippen molar-refractivity contribution in [3.05, 3.63) is 106 Å². The normalized spacial score (nSPS) is 17.2. The third kappa shape index (κ3) is 5.21. The Morgan fingerprint density at radius 3 is 2.44 bits per heavy atom. The Bertz CT molecular complexity index is 1230. The Labute approximate surface area is 214 Å². The van der Waals surface area contributed by atoms with Crippen LogP contribution in [0.5, 0.6) is 0 Å². The molecule has 5 heteroatoms. The maximum Gasteiger partial charge on any atom is 0.255 e. The predicted octanol–water partition coefficient (Wildman–Crippen LogP) is 5.03. The summed E-state index contributed by atoms with van der Waals surface area (Å²) in [5, 5.41) is 3.20. The fourth-order valence-corrected chi connectivity index (χ4v) is 5.50. The van der Waals surface area contributed by atoms with Crippen LogP contribution in [-0.4, -0.2) is 41.2 Å². The average Bonchev–Trinajstić information content (AvgIpc) is 3.22. The molecule has 1 unspecified atom stereocenters. The van der Waals surface area contributed by atoms with E-state index in [2.05, 4.69) is 42.3 Å². The van der Waals surface area contributed by atoms with Crippen LogP contribution in [0.4, 0.5) is 0 Å². The van der Waals surface area contributed by atoms with Crippen molar-refractivity contribution < 1.29 is 9.59 Å². The van der Waals surface area contributed by atoms with E-state index in [0.717, 1.165) is 43.6 Å². The van der Waals surface area contributed by atoms with Gasteiger partial charge in [-0.2, -0.15) is 0 Å². The van der Waals surface area contributed by atoms with Gasteiger partial charge in [0.1, 0.15) is 6.04 Å². The van der Waals surface area contributed by atoms with Gasteiger partial charge >= 0.3 is 0 Å². The monoisotopic (exact) mass is 481 g/mol. The average molecular weight is 482 g/mol. The molecule has 1 N–H and O–H groups in total. The van der Waals surface area contributed by atoms with E-state index < -0.39 is 6.04 Å². The topological polar surface area (TPSA) is 52.7 Å². The fraction of sp³-hybridized carbons (Fsp3) is 0.355. The summed E-state index contributed by atoms with van der Waals surface area (Å²) < 4.78 is 0. The number of fused-ring (bicyclic) bond motifs is 1. The molecule has 1 saturated heterocycles. The lowest BCUT2D eigenvalue weighted by Crippen LogP contribution is -2.44. The zero-order valence-electron chi connectivity index (χ0n) is 21.2. The van der Waals surface area contributed by atoms with Gasteiger partial charge in [-0.3, -0.25) is 14.5 Å². The molecule has 3 aromatic carbocycles. The summed E-state index contributed by atoms with van der Waals surface area (Å²) in [5.74, 6) is 0.279. The number of aryl methyl sites for hydroxylation is 2. The van der Waals surface area contributed by atoms with E-state index in [1.165, 1.54) is 16.7 Å². The molecule has 0 radical (unpaired) electrons. The van der Waals surface area contributed by atoms with Crippen molar-refractivity contribution in [2.75, 3.05) is 19.6 Å². The van der Waals surface area contributed by atoms with E-state index in [4.69, 9.17) is 0 Å². The van der Waals surface area contributed by atoms with Crippen molar-refractivity contribution in [1.29, 1.82) is 0 Å². The third-order valence-corrected chi connectivity index (χ3v) is 7.70. The Hall–Kier alpha value is -3.44. The molecule has 36 heavy (non-hydrogen) atoms. The van der Waals surface area contributed by atoms with Gasteiger partial charge in [0.25, 0.3) is 5.91 Å². The highest BCUT2D eigenvalue weighted by Gasteiger charge is 2.37. The Kier molecular flexibility index (Phi) is 7.19. The van der Waals surface area contributed by atoms with E-state index in [9.17, 15) is 9.59 Å². The van der Waals surface area contributed by atoms with E-state index in [0.29, 0.717) is 24.6 Å². The second kappa shape index (κ2) is 10.7. The number of piperidine rings is 1. The summed E-state index contributed by atoms with van der Waals surface area (Å²) in [6.45, 7) is 8.50. The number of nitrogens with zero attached hydrogens (tertiary/aromatic N) is 2. The number of nitrogens with one attached hydrogen (secondary N) is 1. The predicted molar refractivity (Wildman–Crippen MR) is 142 cm³/mol. The largest absolute Gasteiger partial charge is 0.354 e. The highest BCUT2D eigenvalue weighted by molar-refractivity contribution is 6.01. The van der Waals surface area contributed by atoms with Crippen LogP contribution in [0.2, 0.25) is 0 Å². The van der Waals surface area contributed by atoms with Gasteiger partial charge < -0.3 is 10.2 Å². The van der Waals surface area contributed by atoms with Gasteiger partial charge in [-0.15, -0.1) is 0 Å². The first-order valence-electron chi connectivity index (χ1n) is 13.0. The van der Waals surface area contributed by atoms with Gasteiger partial charge in [-0.25, -0.2) is 0 Å². The second-order valence-corrected chi connectivity index (χ2v) is 10.3. The number of carbonyl (C=O) groups excluding carboxylic acids is 2. The molecule has 1 atom stereocenters. The maximum absolute atomic E-state index is 13.5. The molecule has 2 amide bonds. The first-order valence-corrected chi connectivity index (χ1v) is 13.0. The van der Waals surface area contributed by atoms with Crippen LogP contribution >= 0.6 is 0 Å². The molecule has 1 fully saturated rings. The van der Waals surface area contributed by atoms with Crippen LogP contribution < -0.4 is 5.32 Å². The van der Waals surface area contributed by atoms with Crippen LogP contribution in [0.3, 0.4) is 0 Å². The standard InChI is InChI=1S/C31H35N3O2/c1-22-12-13-23(2)27(18-22)20-33-16-14-24(15-17-33)19-32-30(35)29(25-8-4-3-5-9-25)34-21-26-10-6-7-11-28(26)31(34)36/h3-13,18,24,29H,14-17,19-21H2,1-2H3,(H,32,35). The van der Waals surface area contributed by atoms with Gasteiger partial charge in [0, 0.05) is 25.2 Å². The number of hydrogen-bond donors (Lipinski definition) is 1. The molecule has 2 heterocycles. The summed E-state index contributed by atoms with van der Waals surface area (Å²) in [7, 11) is 0. The summed E-state index contributed by atoms with van der Waals surface area (Å²) in [6.07, 6.45) is 2.13. The molecule has 2 aliphatic heterocycles. The summed E-state index contributed by atoms with van der Waals surface area (Å²) in [5.41, 5.74) is 6.58. The van der Waals surface area contributed by atoms with Crippen molar-refractivity contribution >= 4 is 11.8 Å². The van der Waals surface area contributed by atoms with Crippen molar-refractivity contribution in [3.63, 3.8) is 0 Å². The quantitative estimate of drug-likeness (QED) is 0.515. The number of benzene rings is 3. The van der Waals surface area contributed by atoms with E-state index in [-0.39, 0.29) is 11.8 Å². The number of carbonyl (C=O) groups is 2. The minimum atomic E-state index is -0.629. The number of hydrogen-bond acceptors (Lipinski definition) is 3. The Morgan fingerprint density at radius 2 is 1.69 bits per heavy atom. The minimum Gasteiger partial charge on any atom is -0.354 e. The lowest BCUT2D eigenvalue weighted by Gasteiger charge is -2.33. The Morgan fingerprint density at radius 1 is 0.972 bits per heavy atom. The molecule has 0 spiro atoms. The van der Waals surface area contributed by atoms with Crippen LogP contribution in [0.25, 0.3) is 0 Å². The molecular weight excluding hydrogens is 446 g/mol. The minimum absolute atomic E-state index is 0.0747. The summed E-state index contributed by atoms with van der Waals surface area (Å²) in [6, 6.07) is 23.4. The summed E-state index contributed by atoms with van der Waals surface area (Å²) >= 11 is 0. The molecule has 0 bridgehead atoms. The molecule has 0 aromatic heterocycles. The third-order valence-electron chi connectivity index (χ3n) is 7.70. The number of rotatable bonds is 7. The fourth-order valence-electron chi connectivity index (χ4n) is 5.50. The lowest BCUT2D eigenvalue weighted by atomic mass is 9.95. The van der Waals surface area contributed by atoms with Gasteiger partial charge in [-0.1, -0.05) is 72.3 Å². The lowest BCUT2D eigenvalue weighted by molar-refractivity contribution is -0.126. The summed E-state index contributed by atoms with van der Waals surface area (Å²) in [4.78, 5) is 31.0. The maximum atomic E-state index is 13.5. The van der Waals surface area contributed by atoms with Gasteiger partial charge in [0.2, 0.25) is 5.91 Å². The SMILES string of the molecule is Cc1ccc(C)c(CN2CCC(CNC(=O)C(c3ccccc3)N3Cc4ccccc4C3=O)CC2)c1. The van der Waals surface area contributed by atoms with Crippen LogP contribution in [0.15, 0.2) is 72.8 Å². The molecule has 2 aliphatic rings. The first kappa shape index (κ1) is 24.3. The molecule has 0 saturated carbocycles. The highest BCUT2D eigenvalue weighted by atomic mass is 16.2. The molecule has 0 aliphatic carbocycles. The van der Waals surface area contributed by atoms with Crippen molar-refractivity contribution in [3.8, 4) is 0 Å².